The van der Waals surface area contributed by atoms with Crippen molar-refractivity contribution in [1.29, 1.82) is 0 Å². The maximum absolute atomic E-state index is 12.8. The highest BCUT2D eigenvalue weighted by Gasteiger charge is 2.31. The van der Waals surface area contributed by atoms with E-state index in [0.717, 1.165) is 0 Å². The fraction of sp³-hybridized carbons (Fsp3) is 0.722. The largest absolute Gasteiger partial charge is 0.481 e. The van der Waals surface area contributed by atoms with Gasteiger partial charge in [-0.1, -0.05) is 13.8 Å². The molecule has 0 aromatic carbocycles. The molecule has 0 bridgehead atoms. The van der Waals surface area contributed by atoms with Gasteiger partial charge in [0.1, 0.15) is 18.1 Å². The Morgan fingerprint density at radius 1 is 0.935 bits per heavy atom. The van der Waals surface area contributed by atoms with Crippen LogP contribution < -0.4 is 21.7 Å². The SMILES string of the molecule is CSCCC(NC(=O)C(N)CS)C(=O)NC(C(=O)NC(CCC(=O)O)C(=O)O)C(C)C. The first kappa shape index (κ1) is 29.0. The van der Waals surface area contributed by atoms with E-state index >= 15 is 0 Å². The van der Waals surface area contributed by atoms with Crippen LogP contribution in [0.15, 0.2) is 0 Å². The Kier molecular flexibility index (Phi) is 14.0. The van der Waals surface area contributed by atoms with Crippen molar-refractivity contribution in [3.8, 4) is 0 Å². The highest BCUT2D eigenvalue weighted by Crippen LogP contribution is 2.08. The number of rotatable bonds is 15. The van der Waals surface area contributed by atoms with Crippen molar-refractivity contribution < 1.29 is 34.2 Å². The Balaban J connectivity index is 5.32. The van der Waals surface area contributed by atoms with Crippen LogP contribution in [0.2, 0.25) is 0 Å². The standard InChI is InChI=1S/C18H32N4O7S2/c1-9(2)14(17(27)21-12(18(28)29)4-5-13(23)24)22-16(26)11(6-7-31-3)20-15(25)10(19)8-30/h9-12,14,30H,4-8,19H2,1-3H3,(H,20,25)(H,21,27)(H,22,26)(H,23,24)(H,28,29). The van der Waals surface area contributed by atoms with Crippen LogP contribution >= 0.6 is 24.4 Å². The molecule has 0 aliphatic carbocycles. The van der Waals surface area contributed by atoms with Crippen molar-refractivity contribution in [1.82, 2.24) is 16.0 Å². The van der Waals surface area contributed by atoms with Crippen molar-refractivity contribution in [2.24, 2.45) is 11.7 Å². The molecular weight excluding hydrogens is 448 g/mol. The van der Waals surface area contributed by atoms with Gasteiger partial charge in [-0.3, -0.25) is 19.2 Å². The van der Waals surface area contributed by atoms with Crippen molar-refractivity contribution in [3.05, 3.63) is 0 Å². The zero-order valence-corrected chi connectivity index (χ0v) is 19.5. The van der Waals surface area contributed by atoms with Crippen LogP contribution in [0.5, 0.6) is 0 Å². The summed E-state index contributed by atoms with van der Waals surface area (Å²) in [5.74, 6) is -4.26. The number of thiol groups is 1. The summed E-state index contributed by atoms with van der Waals surface area (Å²) in [4.78, 5) is 59.5. The van der Waals surface area contributed by atoms with Gasteiger partial charge in [0.25, 0.3) is 0 Å². The summed E-state index contributed by atoms with van der Waals surface area (Å²) in [6.07, 6.45) is 1.39. The van der Waals surface area contributed by atoms with Gasteiger partial charge in [0.05, 0.1) is 6.04 Å². The molecule has 31 heavy (non-hydrogen) atoms. The molecular formula is C18H32N4O7S2. The molecule has 4 atom stereocenters. The molecule has 0 aliphatic heterocycles. The number of carbonyl (C=O) groups is 5. The molecule has 0 saturated heterocycles. The lowest BCUT2D eigenvalue weighted by Gasteiger charge is -2.27. The number of hydrogen-bond donors (Lipinski definition) is 7. The third kappa shape index (κ3) is 11.3. The molecule has 0 spiro atoms. The first-order valence-corrected chi connectivity index (χ1v) is 11.7. The van der Waals surface area contributed by atoms with Gasteiger partial charge in [-0.15, -0.1) is 0 Å². The normalized spacial score (nSPS) is 14.8. The molecule has 3 amide bonds. The molecule has 11 nitrogen and oxygen atoms in total. The van der Waals surface area contributed by atoms with Crippen LogP contribution in [0.1, 0.15) is 33.1 Å². The van der Waals surface area contributed by atoms with E-state index in [1.54, 1.807) is 13.8 Å². The van der Waals surface area contributed by atoms with E-state index in [1.165, 1.54) is 11.8 Å². The molecule has 13 heteroatoms. The second kappa shape index (κ2) is 14.9. The summed E-state index contributed by atoms with van der Waals surface area (Å²) in [7, 11) is 0. The lowest BCUT2D eigenvalue weighted by molar-refractivity contribution is -0.143. The Labute approximate surface area is 191 Å². The Morgan fingerprint density at radius 3 is 1.97 bits per heavy atom. The molecule has 0 aromatic rings. The fourth-order valence-corrected chi connectivity index (χ4v) is 3.08. The number of hydrogen-bond acceptors (Lipinski definition) is 8. The average Bonchev–Trinajstić information content (AvgIpc) is 2.70. The number of nitrogens with two attached hydrogens (primary N) is 1. The predicted molar refractivity (Wildman–Crippen MR) is 120 cm³/mol. The molecule has 0 radical (unpaired) electrons. The third-order valence-electron chi connectivity index (χ3n) is 4.29. The highest BCUT2D eigenvalue weighted by molar-refractivity contribution is 7.98. The van der Waals surface area contributed by atoms with Crippen LogP contribution in [0.25, 0.3) is 0 Å². The lowest BCUT2D eigenvalue weighted by atomic mass is 10.0. The second-order valence-corrected chi connectivity index (χ2v) is 8.54. The molecule has 0 heterocycles. The summed E-state index contributed by atoms with van der Waals surface area (Å²) >= 11 is 5.43. The van der Waals surface area contributed by atoms with Gasteiger partial charge in [0.15, 0.2) is 0 Å². The van der Waals surface area contributed by atoms with Gasteiger partial charge in [0, 0.05) is 12.2 Å². The molecule has 0 aromatic heterocycles. The van der Waals surface area contributed by atoms with E-state index in [2.05, 4.69) is 28.6 Å². The summed E-state index contributed by atoms with van der Waals surface area (Å²) in [6, 6.07) is -4.35. The van der Waals surface area contributed by atoms with E-state index in [9.17, 15) is 29.1 Å². The number of carbonyl (C=O) groups excluding carboxylic acids is 3. The van der Waals surface area contributed by atoms with E-state index < -0.39 is 66.2 Å². The average molecular weight is 481 g/mol. The first-order valence-electron chi connectivity index (χ1n) is 9.65. The van der Waals surface area contributed by atoms with Crippen molar-refractivity contribution in [3.63, 3.8) is 0 Å². The van der Waals surface area contributed by atoms with Crippen molar-refractivity contribution in [2.75, 3.05) is 17.8 Å². The second-order valence-electron chi connectivity index (χ2n) is 7.19. The molecule has 7 N–H and O–H groups in total. The van der Waals surface area contributed by atoms with Crippen molar-refractivity contribution in [2.45, 2.75) is 57.3 Å². The maximum Gasteiger partial charge on any atom is 0.326 e. The van der Waals surface area contributed by atoms with E-state index in [1.807, 2.05) is 6.26 Å². The van der Waals surface area contributed by atoms with Crippen molar-refractivity contribution >= 4 is 54.1 Å². The molecule has 0 aliphatic rings. The zero-order valence-electron chi connectivity index (χ0n) is 17.8. The number of aliphatic carboxylic acids is 2. The monoisotopic (exact) mass is 480 g/mol. The molecule has 0 saturated carbocycles. The zero-order chi connectivity index (χ0) is 24.1. The number of nitrogens with one attached hydrogen (secondary N) is 3. The maximum atomic E-state index is 12.8. The summed E-state index contributed by atoms with van der Waals surface area (Å²) in [6.45, 7) is 3.31. The quantitative estimate of drug-likeness (QED) is 0.145. The summed E-state index contributed by atoms with van der Waals surface area (Å²) in [5.41, 5.74) is 5.64. The lowest BCUT2D eigenvalue weighted by Crippen LogP contribution is -2.58. The van der Waals surface area contributed by atoms with Gasteiger partial charge in [-0.05, 0) is 30.8 Å². The van der Waals surface area contributed by atoms with Gasteiger partial charge in [0.2, 0.25) is 17.7 Å². The Hall–Kier alpha value is -1.99. The number of carboxylic acids is 2. The van der Waals surface area contributed by atoms with Crippen LogP contribution in [-0.2, 0) is 24.0 Å². The fourth-order valence-electron chi connectivity index (χ4n) is 2.44. The topological polar surface area (TPSA) is 188 Å². The van der Waals surface area contributed by atoms with Crippen LogP contribution in [0.4, 0.5) is 0 Å². The molecule has 4 unspecified atom stereocenters. The van der Waals surface area contributed by atoms with E-state index in [-0.39, 0.29) is 12.2 Å². The highest BCUT2D eigenvalue weighted by atomic mass is 32.2. The molecule has 0 rings (SSSR count). The van der Waals surface area contributed by atoms with Gasteiger partial charge in [-0.2, -0.15) is 24.4 Å². The number of thioether (sulfide) groups is 1. The smallest absolute Gasteiger partial charge is 0.326 e. The minimum atomic E-state index is -1.41. The van der Waals surface area contributed by atoms with Crippen LogP contribution in [0.3, 0.4) is 0 Å². The van der Waals surface area contributed by atoms with Crippen LogP contribution in [0, 0.1) is 5.92 Å². The minimum absolute atomic E-state index is 0.0899. The van der Waals surface area contributed by atoms with E-state index in [4.69, 9.17) is 10.8 Å². The van der Waals surface area contributed by atoms with Gasteiger partial charge in [-0.25, -0.2) is 4.79 Å². The number of amides is 3. The van der Waals surface area contributed by atoms with Crippen LogP contribution in [-0.4, -0.2) is 81.8 Å². The van der Waals surface area contributed by atoms with Gasteiger partial charge >= 0.3 is 11.9 Å². The Bertz CT molecular complexity index is 648. The van der Waals surface area contributed by atoms with Gasteiger partial charge < -0.3 is 31.9 Å². The first-order chi connectivity index (χ1) is 14.4. The number of carboxylic acid groups (broad SMARTS) is 2. The molecule has 0 fully saturated rings. The van der Waals surface area contributed by atoms with E-state index in [0.29, 0.717) is 12.2 Å². The summed E-state index contributed by atoms with van der Waals surface area (Å²) in [5, 5.41) is 25.3. The Morgan fingerprint density at radius 2 is 1.52 bits per heavy atom. The summed E-state index contributed by atoms with van der Waals surface area (Å²) < 4.78 is 0. The predicted octanol–water partition coefficient (Wildman–Crippen LogP) is -0.944. The third-order valence-corrected chi connectivity index (χ3v) is 5.32. The molecule has 178 valence electrons. The minimum Gasteiger partial charge on any atom is -0.481 e.